The zero-order chi connectivity index (χ0) is 14.4. The maximum absolute atomic E-state index is 10.0. The summed E-state index contributed by atoms with van der Waals surface area (Å²) in [6.07, 6.45) is 2.15. The van der Waals surface area contributed by atoms with Crippen LogP contribution in [0.5, 0.6) is 5.75 Å². The van der Waals surface area contributed by atoms with Crippen molar-refractivity contribution in [2.75, 3.05) is 26.2 Å². The van der Waals surface area contributed by atoms with Gasteiger partial charge in [-0.05, 0) is 49.5 Å². The molecule has 1 atom stereocenters. The molecule has 3 N–H and O–H groups in total. The fourth-order valence-corrected chi connectivity index (χ4v) is 2.66. The number of phenolic OH excluding ortho intramolecular Hbond substituents is 1. The number of hydrogen-bond donors (Lipinski definition) is 3. The van der Waals surface area contributed by atoms with Crippen molar-refractivity contribution in [3.63, 3.8) is 0 Å². The van der Waals surface area contributed by atoms with Crippen molar-refractivity contribution in [3.05, 3.63) is 29.8 Å². The smallest absolute Gasteiger partial charge is 0.115 e. The molecule has 1 aliphatic heterocycles. The van der Waals surface area contributed by atoms with E-state index in [-0.39, 0.29) is 11.9 Å². The molecule has 0 saturated carbocycles. The molecule has 4 nitrogen and oxygen atoms in total. The van der Waals surface area contributed by atoms with E-state index < -0.39 is 0 Å². The number of piperidine rings is 1. The van der Waals surface area contributed by atoms with E-state index >= 15 is 0 Å². The predicted octanol–water partition coefficient (Wildman–Crippen LogP) is 1.57. The molecule has 0 radical (unpaired) electrons. The molecule has 0 spiro atoms. The maximum atomic E-state index is 10.0. The highest BCUT2D eigenvalue weighted by molar-refractivity contribution is 5.26. The number of nitrogens with one attached hydrogen (secondary N) is 1. The van der Waals surface area contributed by atoms with Crippen molar-refractivity contribution in [3.8, 4) is 5.75 Å². The molecule has 4 heteroatoms. The summed E-state index contributed by atoms with van der Waals surface area (Å²) in [5.41, 5.74) is 1.03. The van der Waals surface area contributed by atoms with Crippen molar-refractivity contribution in [2.45, 2.75) is 32.4 Å². The first kappa shape index (κ1) is 15.3. The van der Waals surface area contributed by atoms with E-state index in [1.54, 1.807) is 12.1 Å². The van der Waals surface area contributed by atoms with E-state index in [0.717, 1.165) is 31.1 Å². The Kier molecular flexibility index (Phi) is 5.83. The molecule has 1 saturated heterocycles. The molecule has 1 unspecified atom stereocenters. The van der Waals surface area contributed by atoms with Crippen LogP contribution in [0.1, 0.15) is 25.3 Å². The summed E-state index contributed by atoms with van der Waals surface area (Å²) in [5.74, 6) is 1.11. The van der Waals surface area contributed by atoms with Crippen LogP contribution in [-0.4, -0.2) is 47.4 Å². The monoisotopic (exact) mass is 278 g/mol. The van der Waals surface area contributed by atoms with Crippen LogP contribution in [0.15, 0.2) is 24.3 Å². The summed E-state index contributed by atoms with van der Waals surface area (Å²) >= 11 is 0. The van der Waals surface area contributed by atoms with Gasteiger partial charge in [0, 0.05) is 19.6 Å². The van der Waals surface area contributed by atoms with Crippen molar-refractivity contribution in [1.82, 2.24) is 10.2 Å². The number of aliphatic hydroxyl groups is 1. The van der Waals surface area contributed by atoms with Gasteiger partial charge in [-0.3, -0.25) is 0 Å². The molecule has 0 amide bonds. The standard InChI is InChI=1S/C16H26N2O2/c1-13-5-7-18(8-6-13)12-16(20)11-17-10-14-3-2-4-15(19)9-14/h2-4,9,13,16-17,19-20H,5-8,10-12H2,1H3. The Labute approximate surface area is 121 Å². The van der Waals surface area contributed by atoms with E-state index in [1.807, 2.05) is 12.1 Å². The minimum atomic E-state index is -0.333. The van der Waals surface area contributed by atoms with Gasteiger partial charge in [-0.15, -0.1) is 0 Å². The fraction of sp³-hybridized carbons (Fsp3) is 0.625. The summed E-state index contributed by atoms with van der Waals surface area (Å²) in [6, 6.07) is 7.20. The molecule has 112 valence electrons. The van der Waals surface area contributed by atoms with Gasteiger partial charge in [-0.25, -0.2) is 0 Å². The largest absolute Gasteiger partial charge is 0.508 e. The second kappa shape index (κ2) is 7.62. The summed E-state index contributed by atoms with van der Waals surface area (Å²) in [7, 11) is 0. The highest BCUT2D eigenvalue weighted by Crippen LogP contribution is 2.16. The van der Waals surface area contributed by atoms with Crippen molar-refractivity contribution >= 4 is 0 Å². The minimum absolute atomic E-state index is 0.285. The van der Waals surface area contributed by atoms with Crippen molar-refractivity contribution in [2.24, 2.45) is 5.92 Å². The van der Waals surface area contributed by atoms with Crippen LogP contribution in [0.4, 0.5) is 0 Å². The molecule has 2 rings (SSSR count). The second-order valence-corrected chi connectivity index (χ2v) is 5.94. The van der Waals surface area contributed by atoms with Crippen molar-refractivity contribution < 1.29 is 10.2 Å². The average Bonchev–Trinajstić information content (AvgIpc) is 2.41. The van der Waals surface area contributed by atoms with E-state index in [1.165, 1.54) is 12.8 Å². The number of aliphatic hydroxyl groups excluding tert-OH is 1. The van der Waals surface area contributed by atoms with E-state index in [0.29, 0.717) is 13.1 Å². The summed E-state index contributed by atoms with van der Waals surface area (Å²) in [5, 5.41) is 22.7. The zero-order valence-corrected chi connectivity index (χ0v) is 12.3. The van der Waals surface area contributed by atoms with Crippen LogP contribution in [0.2, 0.25) is 0 Å². The molecular formula is C16H26N2O2. The number of nitrogens with zero attached hydrogens (tertiary/aromatic N) is 1. The number of aromatic hydroxyl groups is 1. The Balaban J connectivity index is 1.64. The number of benzene rings is 1. The molecule has 1 heterocycles. The molecular weight excluding hydrogens is 252 g/mol. The zero-order valence-electron chi connectivity index (χ0n) is 12.3. The molecule has 1 aromatic rings. The van der Waals surface area contributed by atoms with Gasteiger partial charge in [0.25, 0.3) is 0 Å². The Hall–Kier alpha value is -1.10. The van der Waals surface area contributed by atoms with E-state index in [9.17, 15) is 10.2 Å². The molecule has 1 aliphatic rings. The van der Waals surface area contributed by atoms with Gasteiger partial charge in [-0.1, -0.05) is 19.1 Å². The Morgan fingerprint density at radius 1 is 1.35 bits per heavy atom. The van der Waals surface area contributed by atoms with Crippen LogP contribution in [-0.2, 0) is 6.54 Å². The lowest BCUT2D eigenvalue weighted by atomic mass is 9.99. The summed E-state index contributed by atoms with van der Waals surface area (Å²) < 4.78 is 0. The molecule has 20 heavy (non-hydrogen) atoms. The number of β-amino-alcohol motifs (C(OH)–C–C–N with tert-alkyl or cyclic N) is 1. The number of rotatable bonds is 6. The molecule has 1 fully saturated rings. The van der Waals surface area contributed by atoms with Gasteiger partial charge in [0.1, 0.15) is 5.75 Å². The maximum Gasteiger partial charge on any atom is 0.115 e. The molecule has 0 aromatic heterocycles. The third-order valence-corrected chi connectivity index (χ3v) is 3.96. The fourth-order valence-electron chi connectivity index (χ4n) is 2.66. The SMILES string of the molecule is CC1CCN(CC(O)CNCc2cccc(O)c2)CC1. The minimum Gasteiger partial charge on any atom is -0.508 e. The van der Waals surface area contributed by atoms with Crippen LogP contribution in [0.25, 0.3) is 0 Å². The Morgan fingerprint density at radius 2 is 2.10 bits per heavy atom. The first-order valence-corrected chi connectivity index (χ1v) is 7.52. The summed E-state index contributed by atoms with van der Waals surface area (Å²) in [4.78, 5) is 2.35. The first-order valence-electron chi connectivity index (χ1n) is 7.52. The quantitative estimate of drug-likeness (QED) is 0.739. The number of hydrogen-bond acceptors (Lipinski definition) is 4. The molecule has 0 aliphatic carbocycles. The van der Waals surface area contributed by atoms with Crippen LogP contribution < -0.4 is 5.32 Å². The molecule has 1 aromatic carbocycles. The lowest BCUT2D eigenvalue weighted by molar-refractivity contribution is 0.0907. The average molecular weight is 278 g/mol. The summed E-state index contributed by atoms with van der Waals surface area (Å²) in [6.45, 7) is 6.50. The van der Waals surface area contributed by atoms with Crippen molar-refractivity contribution in [1.29, 1.82) is 0 Å². The number of phenols is 1. The van der Waals surface area contributed by atoms with E-state index in [4.69, 9.17) is 0 Å². The lowest BCUT2D eigenvalue weighted by Crippen LogP contribution is -2.41. The Bertz CT molecular complexity index is 403. The van der Waals surface area contributed by atoms with Gasteiger partial charge in [0.2, 0.25) is 0 Å². The topological polar surface area (TPSA) is 55.7 Å². The van der Waals surface area contributed by atoms with Crippen LogP contribution in [0, 0.1) is 5.92 Å². The van der Waals surface area contributed by atoms with E-state index in [2.05, 4.69) is 17.1 Å². The molecule has 0 bridgehead atoms. The van der Waals surface area contributed by atoms with Gasteiger partial charge in [0.05, 0.1) is 6.10 Å². The second-order valence-electron chi connectivity index (χ2n) is 5.94. The highest BCUT2D eigenvalue weighted by Gasteiger charge is 2.17. The predicted molar refractivity (Wildman–Crippen MR) is 80.7 cm³/mol. The van der Waals surface area contributed by atoms with Crippen LogP contribution >= 0.6 is 0 Å². The van der Waals surface area contributed by atoms with Gasteiger partial charge in [-0.2, -0.15) is 0 Å². The highest BCUT2D eigenvalue weighted by atomic mass is 16.3. The van der Waals surface area contributed by atoms with Crippen LogP contribution in [0.3, 0.4) is 0 Å². The first-order chi connectivity index (χ1) is 9.63. The Morgan fingerprint density at radius 3 is 2.80 bits per heavy atom. The van der Waals surface area contributed by atoms with Gasteiger partial charge < -0.3 is 20.4 Å². The third kappa shape index (κ3) is 5.12. The van der Waals surface area contributed by atoms with Gasteiger partial charge >= 0.3 is 0 Å². The number of likely N-dealkylation sites (tertiary alicyclic amines) is 1. The lowest BCUT2D eigenvalue weighted by Gasteiger charge is -2.31. The third-order valence-electron chi connectivity index (χ3n) is 3.96. The normalized spacial score (nSPS) is 19.1. The van der Waals surface area contributed by atoms with Gasteiger partial charge in [0.15, 0.2) is 0 Å².